The van der Waals surface area contributed by atoms with Crippen LogP contribution < -0.4 is 0 Å². The summed E-state index contributed by atoms with van der Waals surface area (Å²) >= 11 is 0. The van der Waals surface area contributed by atoms with Crippen molar-refractivity contribution < 1.29 is 0 Å². The first-order chi connectivity index (χ1) is 10.4. The molecule has 3 aromatic heterocycles. The molecule has 4 nitrogen and oxygen atoms in total. The number of aromatic nitrogens is 3. The van der Waals surface area contributed by atoms with E-state index in [1.807, 2.05) is 24.7 Å². The quantitative estimate of drug-likeness (QED) is 0.800. The van der Waals surface area contributed by atoms with Crippen LogP contribution >= 0.6 is 0 Å². The van der Waals surface area contributed by atoms with E-state index in [4.69, 9.17) is 0 Å². The molecular formula is C17H18N4. The van der Waals surface area contributed by atoms with Crippen molar-refractivity contribution in [2.24, 2.45) is 0 Å². The highest BCUT2D eigenvalue weighted by Gasteiger charge is 2.18. The third-order valence-electron chi connectivity index (χ3n) is 4.23. The number of fused-ring (bicyclic) bond motifs is 1. The van der Waals surface area contributed by atoms with Gasteiger partial charge >= 0.3 is 0 Å². The Morgan fingerprint density at radius 3 is 2.67 bits per heavy atom. The Bertz CT molecular complexity index is 742. The number of likely N-dealkylation sites (tertiary alicyclic amines) is 1. The smallest absolute Gasteiger partial charge is 0.138 e. The van der Waals surface area contributed by atoms with Gasteiger partial charge < -0.3 is 4.98 Å². The van der Waals surface area contributed by atoms with Crippen LogP contribution in [-0.2, 0) is 6.54 Å². The maximum Gasteiger partial charge on any atom is 0.138 e. The zero-order valence-electron chi connectivity index (χ0n) is 11.9. The molecule has 0 aliphatic carbocycles. The van der Waals surface area contributed by atoms with Crippen LogP contribution in [0.5, 0.6) is 0 Å². The Labute approximate surface area is 123 Å². The van der Waals surface area contributed by atoms with Crippen molar-refractivity contribution in [3.63, 3.8) is 0 Å². The van der Waals surface area contributed by atoms with Crippen molar-refractivity contribution >= 4 is 11.0 Å². The fourth-order valence-electron chi connectivity index (χ4n) is 3.17. The van der Waals surface area contributed by atoms with Gasteiger partial charge in [0, 0.05) is 41.6 Å². The lowest BCUT2D eigenvalue weighted by Gasteiger charge is -2.15. The van der Waals surface area contributed by atoms with Crippen LogP contribution in [0.1, 0.15) is 18.4 Å². The van der Waals surface area contributed by atoms with Crippen LogP contribution in [0, 0.1) is 0 Å². The molecule has 0 radical (unpaired) electrons. The molecule has 1 saturated heterocycles. The first kappa shape index (κ1) is 12.5. The number of H-pyrrole nitrogens is 1. The lowest BCUT2D eigenvalue weighted by Crippen LogP contribution is -2.18. The van der Waals surface area contributed by atoms with Gasteiger partial charge in [-0.05, 0) is 50.2 Å². The van der Waals surface area contributed by atoms with Gasteiger partial charge in [-0.25, -0.2) is 4.98 Å². The van der Waals surface area contributed by atoms with E-state index in [2.05, 4.69) is 38.1 Å². The second-order valence-corrected chi connectivity index (χ2v) is 5.60. The van der Waals surface area contributed by atoms with Crippen LogP contribution in [0.15, 0.2) is 42.9 Å². The molecule has 21 heavy (non-hydrogen) atoms. The molecule has 4 heteroatoms. The average molecular weight is 278 g/mol. The highest BCUT2D eigenvalue weighted by atomic mass is 15.1. The van der Waals surface area contributed by atoms with E-state index in [1.165, 1.54) is 48.1 Å². The van der Waals surface area contributed by atoms with Crippen molar-refractivity contribution in [1.82, 2.24) is 19.9 Å². The Morgan fingerprint density at radius 2 is 1.86 bits per heavy atom. The van der Waals surface area contributed by atoms with E-state index in [-0.39, 0.29) is 0 Å². The highest BCUT2D eigenvalue weighted by molar-refractivity contribution is 5.88. The highest BCUT2D eigenvalue weighted by Crippen LogP contribution is 2.30. The van der Waals surface area contributed by atoms with Crippen LogP contribution in [0.3, 0.4) is 0 Å². The first-order valence-corrected chi connectivity index (χ1v) is 7.50. The molecule has 1 N–H and O–H groups in total. The molecule has 1 aliphatic heterocycles. The monoisotopic (exact) mass is 278 g/mol. The molecule has 0 atom stereocenters. The third-order valence-corrected chi connectivity index (χ3v) is 4.23. The standard InChI is InChI=1S/C17H18N4/c1-2-11-21(10-1)12-15-14-4-3-7-19-17(14)20-16(15)13-5-8-18-9-6-13/h3-9H,1-2,10-12H2,(H,19,20). The molecule has 4 rings (SSSR count). The van der Waals surface area contributed by atoms with Crippen molar-refractivity contribution in [3.8, 4) is 11.3 Å². The summed E-state index contributed by atoms with van der Waals surface area (Å²) in [6.45, 7) is 3.38. The normalized spacial score (nSPS) is 15.8. The fraction of sp³-hybridized carbons (Fsp3) is 0.294. The molecule has 1 aliphatic rings. The Kier molecular flexibility index (Phi) is 3.16. The summed E-state index contributed by atoms with van der Waals surface area (Å²) in [7, 11) is 0. The van der Waals surface area contributed by atoms with E-state index in [0.717, 1.165) is 12.2 Å². The second-order valence-electron chi connectivity index (χ2n) is 5.60. The number of rotatable bonds is 3. The zero-order valence-corrected chi connectivity index (χ0v) is 11.9. The molecule has 0 saturated carbocycles. The maximum absolute atomic E-state index is 4.47. The zero-order chi connectivity index (χ0) is 14.1. The predicted octanol–water partition coefficient (Wildman–Crippen LogP) is 3.22. The van der Waals surface area contributed by atoms with Gasteiger partial charge in [0.15, 0.2) is 0 Å². The summed E-state index contributed by atoms with van der Waals surface area (Å²) < 4.78 is 0. The molecule has 3 aromatic rings. The Morgan fingerprint density at radius 1 is 1.05 bits per heavy atom. The number of hydrogen-bond donors (Lipinski definition) is 1. The van der Waals surface area contributed by atoms with E-state index in [9.17, 15) is 0 Å². The summed E-state index contributed by atoms with van der Waals surface area (Å²) in [5, 5.41) is 1.23. The van der Waals surface area contributed by atoms with Crippen molar-refractivity contribution in [1.29, 1.82) is 0 Å². The lowest BCUT2D eigenvalue weighted by atomic mass is 10.1. The molecule has 4 heterocycles. The average Bonchev–Trinajstić information content (AvgIpc) is 3.17. The summed E-state index contributed by atoms with van der Waals surface area (Å²) in [5.41, 5.74) is 4.68. The number of nitrogens with zero attached hydrogens (tertiary/aromatic N) is 3. The van der Waals surface area contributed by atoms with E-state index >= 15 is 0 Å². The van der Waals surface area contributed by atoms with Gasteiger partial charge in [-0.3, -0.25) is 9.88 Å². The van der Waals surface area contributed by atoms with Crippen LogP contribution in [0.2, 0.25) is 0 Å². The third kappa shape index (κ3) is 2.32. The van der Waals surface area contributed by atoms with E-state index < -0.39 is 0 Å². The van der Waals surface area contributed by atoms with Crippen molar-refractivity contribution in [2.45, 2.75) is 19.4 Å². The molecule has 0 unspecified atom stereocenters. The molecule has 0 aromatic carbocycles. The van der Waals surface area contributed by atoms with Gasteiger partial charge in [-0.15, -0.1) is 0 Å². The Hall–Kier alpha value is -2.20. The van der Waals surface area contributed by atoms with Crippen LogP contribution in [0.25, 0.3) is 22.3 Å². The number of nitrogens with one attached hydrogen (secondary N) is 1. The number of pyridine rings is 2. The van der Waals surface area contributed by atoms with E-state index in [1.54, 1.807) is 0 Å². The SMILES string of the molecule is c1cnc2[nH]c(-c3ccncc3)c(CN3CCCC3)c2c1. The number of aromatic amines is 1. The summed E-state index contributed by atoms with van der Waals surface area (Å²) in [5.74, 6) is 0. The first-order valence-electron chi connectivity index (χ1n) is 7.50. The largest absolute Gasteiger partial charge is 0.339 e. The predicted molar refractivity (Wildman–Crippen MR) is 83.8 cm³/mol. The van der Waals surface area contributed by atoms with Crippen molar-refractivity contribution in [3.05, 3.63) is 48.4 Å². The van der Waals surface area contributed by atoms with Crippen LogP contribution in [-0.4, -0.2) is 32.9 Å². The van der Waals surface area contributed by atoms with E-state index in [0.29, 0.717) is 0 Å². The molecule has 0 amide bonds. The van der Waals surface area contributed by atoms with Gasteiger partial charge in [0.05, 0.1) is 5.69 Å². The second kappa shape index (κ2) is 5.30. The molecule has 106 valence electrons. The van der Waals surface area contributed by atoms with Gasteiger partial charge in [0.25, 0.3) is 0 Å². The molecule has 0 spiro atoms. The molecule has 0 bridgehead atoms. The van der Waals surface area contributed by atoms with Gasteiger partial charge in [-0.2, -0.15) is 0 Å². The minimum atomic E-state index is 0.971. The van der Waals surface area contributed by atoms with Gasteiger partial charge in [0.2, 0.25) is 0 Å². The summed E-state index contributed by atoms with van der Waals surface area (Å²) in [6.07, 6.45) is 8.15. The van der Waals surface area contributed by atoms with Gasteiger partial charge in [0.1, 0.15) is 5.65 Å². The van der Waals surface area contributed by atoms with Crippen molar-refractivity contribution in [2.75, 3.05) is 13.1 Å². The molecule has 1 fully saturated rings. The fourth-order valence-corrected chi connectivity index (χ4v) is 3.17. The topological polar surface area (TPSA) is 44.8 Å². The summed E-state index contributed by atoms with van der Waals surface area (Å²) in [6, 6.07) is 8.28. The van der Waals surface area contributed by atoms with Crippen LogP contribution in [0.4, 0.5) is 0 Å². The maximum atomic E-state index is 4.47. The molecular weight excluding hydrogens is 260 g/mol. The minimum Gasteiger partial charge on any atom is -0.339 e. The number of hydrogen-bond acceptors (Lipinski definition) is 3. The Balaban J connectivity index is 1.84. The van der Waals surface area contributed by atoms with Gasteiger partial charge in [-0.1, -0.05) is 0 Å². The minimum absolute atomic E-state index is 0.971. The summed E-state index contributed by atoms with van der Waals surface area (Å²) in [4.78, 5) is 14.6. The lowest BCUT2D eigenvalue weighted by molar-refractivity contribution is 0.333.